The first-order chi connectivity index (χ1) is 16.5. The molecule has 34 heavy (non-hydrogen) atoms. The summed E-state index contributed by atoms with van der Waals surface area (Å²) in [6, 6.07) is 15.4. The Morgan fingerprint density at radius 2 is 1.76 bits per heavy atom. The van der Waals surface area contributed by atoms with Gasteiger partial charge in [-0.3, -0.25) is 19.7 Å². The average molecular weight is 456 g/mol. The lowest BCUT2D eigenvalue weighted by Gasteiger charge is -2.31. The molecule has 0 radical (unpaired) electrons. The van der Waals surface area contributed by atoms with Gasteiger partial charge in [-0.25, -0.2) is 0 Å². The second kappa shape index (κ2) is 9.02. The number of carbonyl (C=O) groups is 3. The molecule has 2 aliphatic heterocycles. The van der Waals surface area contributed by atoms with Crippen molar-refractivity contribution in [2.24, 2.45) is 0 Å². The monoisotopic (exact) mass is 455 g/mol. The Bertz CT molecular complexity index is 1270. The number of carbonyl (C=O) groups excluding carboxylic acids is 3. The molecule has 7 nitrogen and oxygen atoms in total. The molecule has 3 aromatic rings. The summed E-state index contributed by atoms with van der Waals surface area (Å²) >= 11 is 0. The molecule has 7 heteroatoms. The van der Waals surface area contributed by atoms with E-state index in [0.29, 0.717) is 22.6 Å². The van der Waals surface area contributed by atoms with Gasteiger partial charge in [-0.05, 0) is 60.2 Å². The molecule has 5 rings (SSSR count). The highest BCUT2D eigenvalue weighted by atomic mass is 16.3. The van der Waals surface area contributed by atoms with Crippen LogP contribution in [0, 0.1) is 0 Å². The zero-order chi connectivity index (χ0) is 23.7. The molecule has 2 aliphatic rings. The van der Waals surface area contributed by atoms with Gasteiger partial charge in [0.25, 0.3) is 11.8 Å². The summed E-state index contributed by atoms with van der Waals surface area (Å²) in [6.45, 7) is 3.20. The molecular weight excluding hydrogens is 430 g/mol. The number of nitrogens with one attached hydrogen (secondary N) is 2. The van der Waals surface area contributed by atoms with Crippen LogP contribution in [-0.4, -0.2) is 35.7 Å². The molecule has 1 aromatic heterocycles. The summed E-state index contributed by atoms with van der Waals surface area (Å²) in [6.07, 6.45) is 6.77. The van der Waals surface area contributed by atoms with Gasteiger partial charge >= 0.3 is 0 Å². The maximum atomic E-state index is 12.6. The first kappa shape index (κ1) is 21.7. The number of hydrogen-bond donors (Lipinski definition) is 2. The fraction of sp³-hybridized carbons (Fsp3) is 0.222. The molecule has 2 aromatic carbocycles. The second-order valence-electron chi connectivity index (χ2n) is 8.66. The van der Waals surface area contributed by atoms with Crippen molar-refractivity contribution < 1.29 is 18.8 Å². The lowest BCUT2D eigenvalue weighted by Crippen LogP contribution is -2.36. The Morgan fingerprint density at radius 1 is 1.00 bits per heavy atom. The maximum Gasteiger partial charge on any atom is 0.260 e. The molecule has 1 fully saturated rings. The van der Waals surface area contributed by atoms with Crippen molar-refractivity contribution in [3.05, 3.63) is 83.9 Å². The third-order valence-corrected chi connectivity index (χ3v) is 6.59. The van der Waals surface area contributed by atoms with E-state index in [0.717, 1.165) is 42.7 Å². The molecule has 0 saturated carbocycles. The molecule has 0 unspecified atom stereocenters. The van der Waals surface area contributed by atoms with Crippen LogP contribution in [0.4, 0.5) is 5.69 Å². The number of likely N-dealkylation sites (tertiary alicyclic amines) is 1. The molecule has 3 heterocycles. The third kappa shape index (κ3) is 4.24. The quantitative estimate of drug-likeness (QED) is 0.450. The van der Waals surface area contributed by atoms with Gasteiger partial charge < -0.3 is 14.6 Å². The highest BCUT2D eigenvalue weighted by Gasteiger charge is 2.28. The van der Waals surface area contributed by atoms with Crippen molar-refractivity contribution in [1.82, 2.24) is 10.2 Å². The largest absolute Gasteiger partial charge is 0.472 e. The molecule has 0 bridgehead atoms. The summed E-state index contributed by atoms with van der Waals surface area (Å²) in [5.41, 5.74) is 5.24. The SMILES string of the molecule is CC(=O)N1CCC(c2ccc(N/C=C3\C(=O)NC(=O)c4ccc(-c5ccoc5)cc43)cc2)CC1. The Hall–Kier alpha value is -4.13. The summed E-state index contributed by atoms with van der Waals surface area (Å²) in [7, 11) is 0. The normalized spacial score (nSPS) is 17.4. The van der Waals surface area contributed by atoms with Gasteiger partial charge in [-0.1, -0.05) is 18.2 Å². The number of piperidine rings is 1. The summed E-state index contributed by atoms with van der Waals surface area (Å²) in [5.74, 6) is -0.274. The van der Waals surface area contributed by atoms with Crippen LogP contribution in [0.1, 0.15) is 47.2 Å². The van der Waals surface area contributed by atoms with Gasteiger partial charge in [0, 0.05) is 48.6 Å². The van der Waals surface area contributed by atoms with E-state index in [-0.39, 0.29) is 5.91 Å². The van der Waals surface area contributed by atoms with Crippen molar-refractivity contribution in [1.29, 1.82) is 0 Å². The van der Waals surface area contributed by atoms with E-state index >= 15 is 0 Å². The minimum Gasteiger partial charge on any atom is -0.472 e. The molecule has 1 saturated heterocycles. The number of benzene rings is 2. The van der Waals surface area contributed by atoms with E-state index in [1.165, 1.54) is 5.56 Å². The van der Waals surface area contributed by atoms with Crippen molar-refractivity contribution in [2.45, 2.75) is 25.7 Å². The Labute approximate surface area is 197 Å². The van der Waals surface area contributed by atoms with Crippen LogP contribution in [0.15, 0.2) is 71.7 Å². The predicted molar refractivity (Wildman–Crippen MR) is 129 cm³/mol. The van der Waals surface area contributed by atoms with Crippen molar-refractivity contribution in [3.8, 4) is 11.1 Å². The lowest BCUT2D eigenvalue weighted by molar-refractivity contribution is -0.129. The smallest absolute Gasteiger partial charge is 0.260 e. The number of imide groups is 1. The van der Waals surface area contributed by atoms with Gasteiger partial charge in [0.15, 0.2) is 0 Å². The Morgan fingerprint density at radius 3 is 2.44 bits per heavy atom. The fourth-order valence-electron chi connectivity index (χ4n) is 4.61. The van der Waals surface area contributed by atoms with E-state index in [9.17, 15) is 14.4 Å². The van der Waals surface area contributed by atoms with E-state index in [2.05, 4.69) is 22.8 Å². The van der Waals surface area contributed by atoms with Gasteiger partial charge in [0.2, 0.25) is 5.91 Å². The lowest BCUT2D eigenvalue weighted by atomic mass is 9.89. The van der Waals surface area contributed by atoms with E-state index in [1.807, 2.05) is 35.2 Å². The van der Waals surface area contributed by atoms with Crippen LogP contribution in [0.2, 0.25) is 0 Å². The molecular formula is C27H25N3O4. The van der Waals surface area contributed by atoms with E-state index in [4.69, 9.17) is 4.42 Å². The number of furan rings is 1. The standard InChI is InChI=1S/C27H25N3O4/c1-17(31)30-11-8-19(9-12-30)18-2-5-22(6-3-18)28-15-25-24-14-20(21-10-13-34-16-21)4-7-23(24)26(32)29-27(25)33/h2-7,10,13-16,19,28H,8-9,11-12H2,1H3,(H,29,32,33)/b25-15-. The topological polar surface area (TPSA) is 91.7 Å². The zero-order valence-corrected chi connectivity index (χ0v) is 18.8. The van der Waals surface area contributed by atoms with Crippen molar-refractivity contribution >= 4 is 29.0 Å². The van der Waals surface area contributed by atoms with E-state index in [1.54, 1.807) is 31.7 Å². The zero-order valence-electron chi connectivity index (χ0n) is 18.8. The molecule has 0 spiro atoms. The van der Waals surface area contributed by atoms with Crippen LogP contribution in [0.25, 0.3) is 16.7 Å². The second-order valence-corrected chi connectivity index (χ2v) is 8.66. The van der Waals surface area contributed by atoms with Crippen molar-refractivity contribution in [2.75, 3.05) is 18.4 Å². The fourth-order valence-corrected chi connectivity index (χ4v) is 4.61. The molecule has 0 aliphatic carbocycles. The Kier molecular flexibility index (Phi) is 5.76. The van der Waals surface area contributed by atoms with Gasteiger partial charge in [-0.2, -0.15) is 0 Å². The number of anilines is 1. The van der Waals surface area contributed by atoms with Crippen LogP contribution in [-0.2, 0) is 9.59 Å². The van der Waals surface area contributed by atoms with Crippen molar-refractivity contribution in [3.63, 3.8) is 0 Å². The van der Waals surface area contributed by atoms with Crippen LogP contribution in [0.5, 0.6) is 0 Å². The first-order valence-corrected chi connectivity index (χ1v) is 11.3. The minimum atomic E-state index is -0.441. The van der Waals surface area contributed by atoms with E-state index < -0.39 is 11.8 Å². The van der Waals surface area contributed by atoms with Gasteiger partial charge in [0.05, 0.1) is 18.1 Å². The third-order valence-electron chi connectivity index (χ3n) is 6.59. The van der Waals surface area contributed by atoms with Crippen LogP contribution in [0.3, 0.4) is 0 Å². The average Bonchev–Trinajstić information content (AvgIpc) is 3.39. The molecule has 0 atom stereocenters. The summed E-state index contributed by atoms with van der Waals surface area (Å²) < 4.78 is 5.17. The van der Waals surface area contributed by atoms with Gasteiger partial charge in [-0.15, -0.1) is 0 Å². The molecule has 172 valence electrons. The Balaban J connectivity index is 1.35. The minimum absolute atomic E-state index is 0.137. The predicted octanol–water partition coefficient (Wildman–Crippen LogP) is 4.40. The number of fused-ring (bicyclic) bond motifs is 1. The highest BCUT2D eigenvalue weighted by molar-refractivity contribution is 6.31. The maximum absolute atomic E-state index is 12.6. The first-order valence-electron chi connectivity index (χ1n) is 11.3. The number of hydrogen-bond acceptors (Lipinski definition) is 5. The molecule has 2 N–H and O–H groups in total. The van der Waals surface area contributed by atoms with Gasteiger partial charge in [0.1, 0.15) is 0 Å². The number of nitrogens with zero attached hydrogens (tertiary/aromatic N) is 1. The number of rotatable bonds is 4. The summed E-state index contributed by atoms with van der Waals surface area (Å²) in [5, 5.41) is 5.61. The summed E-state index contributed by atoms with van der Waals surface area (Å²) in [4.78, 5) is 38.4. The highest BCUT2D eigenvalue weighted by Crippen LogP contribution is 2.31. The van der Waals surface area contributed by atoms with Crippen LogP contribution >= 0.6 is 0 Å². The van der Waals surface area contributed by atoms with Crippen LogP contribution < -0.4 is 10.6 Å². The molecule has 3 amide bonds. The number of amides is 3.